The van der Waals surface area contributed by atoms with Crippen molar-refractivity contribution in [2.24, 2.45) is 5.92 Å². The molecule has 1 N–H and O–H groups in total. The first-order chi connectivity index (χ1) is 10.7. The molecule has 0 saturated carbocycles. The number of nitrogens with one attached hydrogen (secondary N) is 1. The third-order valence-electron chi connectivity index (χ3n) is 3.29. The number of morpholine rings is 1. The van der Waals surface area contributed by atoms with Gasteiger partial charge in [0.25, 0.3) is 0 Å². The highest BCUT2D eigenvalue weighted by atomic mass is 32.1. The van der Waals surface area contributed by atoms with Gasteiger partial charge in [0.1, 0.15) is 0 Å². The molecular formula is C14H21N5O2S. The van der Waals surface area contributed by atoms with Crippen LogP contribution in [-0.2, 0) is 17.7 Å². The standard InChI is InChI=1S/C14H21N5O2S/c1-10(2)7-12-17-18-13(21-12)15-8-11-9-16-14(22-11)19-3-5-20-6-4-19/h9-10H,3-8H2,1-2H3,(H,15,18). The second-order valence-corrected chi connectivity index (χ2v) is 6.75. The minimum Gasteiger partial charge on any atom is -0.408 e. The zero-order valence-corrected chi connectivity index (χ0v) is 13.7. The van der Waals surface area contributed by atoms with Crippen LogP contribution in [0.25, 0.3) is 0 Å². The first kappa shape index (κ1) is 15.2. The molecule has 7 nitrogen and oxygen atoms in total. The number of nitrogens with zero attached hydrogens (tertiary/aromatic N) is 4. The molecule has 2 aromatic rings. The summed E-state index contributed by atoms with van der Waals surface area (Å²) in [7, 11) is 0. The molecule has 0 radical (unpaired) electrons. The Bertz CT molecular complexity index is 592. The molecule has 1 saturated heterocycles. The van der Waals surface area contributed by atoms with Crippen molar-refractivity contribution < 1.29 is 9.15 Å². The van der Waals surface area contributed by atoms with Gasteiger partial charge in [0, 0.05) is 30.6 Å². The SMILES string of the molecule is CC(C)Cc1nnc(NCc2cnc(N3CCOCC3)s2)o1. The first-order valence-electron chi connectivity index (χ1n) is 7.54. The molecule has 0 amide bonds. The van der Waals surface area contributed by atoms with Crippen molar-refractivity contribution in [2.75, 3.05) is 36.5 Å². The Labute approximate surface area is 133 Å². The van der Waals surface area contributed by atoms with Crippen molar-refractivity contribution in [1.29, 1.82) is 0 Å². The molecule has 2 aromatic heterocycles. The van der Waals surface area contributed by atoms with E-state index < -0.39 is 0 Å². The van der Waals surface area contributed by atoms with Gasteiger partial charge in [-0.1, -0.05) is 18.9 Å². The van der Waals surface area contributed by atoms with Crippen LogP contribution in [0.4, 0.5) is 11.1 Å². The maximum Gasteiger partial charge on any atom is 0.315 e. The van der Waals surface area contributed by atoms with Crippen molar-refractivity contribution in [3.05, 3.63) is 17.0 Å². The summed E-state index contributed by atoms with van der Waals surface area (Å²) < 4.78 is 10.9. The summed E-state index contributed by atoms with van der Waals surface area (Å²) in [6.07, 6.45) is 2.70. The van der Waals surface area contributed by atoms with Crippen molar-refractivity contribution in [1.82, 2.24) is 15.2 Å². The van der Waals surface area contributed by atoms with Crippen LogP contribution in [0.3, 0.4) is 0 Å². The van der Waals surface area contributed by atoms with Crippen LogP contribution in [-0.4, -0.2) is 41.5 Å². The van der Waals surface area contributed by atoms with Crippen LogP contribution in [0.15, 0.2) is 10.6 Å². The molecule has 3 rings (SSSR count). The summed E-state index contributed by atoms with van der Waals surface area (Å²) in [5.74, 6) is 1.18. The van der Waals surface area contributed by atoms with E-state index in [1.54, 1.807) is 11.3 Å². The molecule has 8 heteroatoms. The molecule has 22 heavy (non-hydrogen) atoms. The summed E-state index contributed by atoms with van der Waals surface area (Å²) in [6.45, 7) is 8.25. The largest absolute Gasteiger partial charge is 0.408 e. The van der Waals surface area contributed by atoms with Crippen LogP contribution >= 0.6 is 11.3 Å². The summed E-state index contributed by atoms with van der Waals surface area (Å²) in [6, 6.07) is 0.469. The Morgan fingerprint density at radius 2 is 2.14 bits per heavy atom. The molecule has 0 unspecified atom stereocenters. The number of hydrogen-bond acceptors (Lipinski definition) is 8. The lowest BCUT2D eigenvalue weighted by Crippen LogP contribution is -2.36. The molecule has 120 valence electrons. The second kappa shape index (κ2) is 7.06. The van der Waals surface area contributed by atoms with E-state index in [2.05, 4.69) is 39.2 Å². The summed E-state index contributed by atoms with van der Waals surface area (Å²) in [5, 5.41) is 12.2. The fourth-order valence-electron chi connectivity index (χ4n) is 2.20. The van der Waals surface area contributed by atoms with E-state index >= 15 is 0 Å². The van der Waals surface area contributed by atoms with Crippen LogP contribution in [0, 0.1) is 5.92 Å². The second-order valence-electron chi connectivity index (χ2n) is 5.66. The van der Waals surface area contributed by atoms with Crippen LogP contribution in [0.2, 0.25) is 0 Å². The number of rotatable bonds is 6. The lowest BCUT2D eigenvalue weighted by molar-refractivity contribution is 0.122. The van der Waals surface area contributed by atoms with Crippen molar-refractivity contribution in [3.63, 3.8) is 0 Å². The van der Waals surface area contributed by atoms with E-state index in [4.69, 9.17) is 9.15 Å². The van der Waals surface area contributed by atoms with Gasteiger partial charge in [-0.05, 0) is 5.92 Å². The van der Waals surface area contributed by atoms with Crippen LogP contribution < -0.4 is 10.2 Å². The first-order valence-corrected chi connectivity index (χ1v) is 8.36. The Hall–Kier alpha value is -1.67. The number of ether oxygens (including phenoxy) is 1. The quantitative estimate of drug-likeness (QED) is 0.873. The van der Waals surface area contributed by atoms with Crippen molar-refractivity contribution >= 4 is 22.5 Å². The van der Waals surface area contributed by atoms with E-state index in [-0.39, 0.29) is 0 Å². The van der Waals surface area contributed by atoms with Gasteiger partial charge in [0.15, 0.2) is 5.13 Å². The summed E-state index contributed by atoms with van der Waals surface area (Å²) in [5.41, 5.74) is 0. The Balaban J connectivity index is 1.53. The monoisotopic (exact) mass is 323 g/mol. The third kappa shape index (κ3) is 3.95. The molecule has 1 aliphatic heterocycles. The zero-order chi connectivity index (χ0) is 15.4. The topological polar surface area (TPSA) is 76.3 Å². The van der Waals surface area contributed by atoms with Crippen LogP contribution in [0.1, 0.15) is 24.6 Å². The van der Waals surface area contributed by atoms with Crippen LogP contribution in [0.5, 0.6) is 0 Å². The molecule has 0 aromatic carbocycles. The normalized spacial score (nSPS) is 15.5. The highest BCUT2D eigenvalue weighted by Gasteiger charge is 2.15. The predicted octanol–water partition coefficient (Wildman–Crippen LogP) is 2.17. The number of thiazole rings is 1. The third-order valence-corrected chi connectivity index (χ3v) is 4.34. The molecule has 0 spiro atoms. The minimum absolute atomic E-state index is 0.469. The lowest BCUT2D eigenvalue weighted by atomic mass is 10.1. The Morgan fingerprint density at radius 1 is 1.32 bits per heavy atom. The van der Waals surface area contributed by atoms with Crippen molar-refractivity contribution in [2.45, 2.75) is 26.8 Å². The van der Waals surface area contributed by atoms with E-state index in [1.807, 2.05) is 6.20 Å². The predicted molar refractivity (Wildman–Crippen MR) is 85.3 cm³/mol. The van der Waals surface area contributed by atoms with Gasteiger partial charge in [-0.2, -0.15) is 0 Å². The molecular weight excluding hydrogens is 302 g/mol. The smallest absolute Gasteiger partial charge is 0.315 e. The number of hydrogen-bond donors (Lipinski definition) is 1. The Kier molecular flexibility index (Phi) is 4.89. The van der Waals surface area contributed by atoms with E-state index in [0.717, 1.165) is 42.7 Å². The average Bonchev–Trinajstić information content (AvgIpc) is 3.15. The van der Waals surface area contributed by atoms with E-state index in [9.17, 15) is 0 Å². The molecule has 0 aliphatic carbocycles. The maximum absolute atomic E-state index is 5.56. The van der Waals surface area contributed by atoms with E-state index in [0.29, 0.717) is 24.4 Å². The van der Waals surface area contributed by atoms with Gasteiger partial charge in [-0.25, -0.2) is 4.98 Å². The highest BCUT2D eigenvalue weighted by Crippen LogP contribution is 2.24. The van der Waals surface area contributed by atoms with Gasteiger partial charge in [0.05, 0.1) is 19.8 Å². The average molecular weight is 323 g/mol. The summed E-state index contributed by atoms with van der Waals surface area (Å²) >= 11 is 1.68. The van der Waals surface area contributed by atoms with Gasteiger partial charge < -0.3 is 19.4 Å². The molecule has 1 aliphatic rings. The number of anilines is 2. The highest BCUT2D eigenvalue weighted by molar-refractivity contribution is 7.15. The van der Waals surface area contributed by atoms with Crippen molar-refractivity contribution in [3.8, 4) is 0 Å². The molecule has 3 heterocycles. The van der Waals surface area contributed by atoms with Gasteiger partial charge in [-0.15, -0.1) is 16.4 Å². The van der Waals surface area contributed by atoms with E-state index in [1.165, 1.54) is 0 Å². The fourth-order valence-corrected chi connectivity index (χ4v) is 3.10. The zero-order valence-electron chi connectivity index (χ0n) is 12.9. The number of aromatic nitrogens is 3. The molecule has 1 fully saturated rings. The lowest BCUT2D eigenvalue weighted by Gasteiger charge is -2.25. The Morgan fingerprint density at radius 3 is 2.91 bits per heavy atom. The fraction of sp³-hybridized carbons (Fsp3) is 0.643. The van der Waals surface area contributed by atoms with Gasteiger partial charge >= 0.3 is 6.01 Å². The molecule has 0 bridgehead atoms. The summed E-state index contributed by atoms with van der Waals surface area (Å²) in [4.78, 5) is 7.88. The van der Waals surface area contributed by atoms with Gasteiger partial charge in [0.2, 0.25) is 5.89 Å². The van der Waals surface area contributed by atoms with Gasteiger partial charge in [-0.3, -0.25) is 0 Å². The molecule has 0 atom stereocenters. The minimum atomic E-state index is 0.469. The maximum atomic E-state index is 5.56.